The molecule has 0 unspecified atom stereocenters. The first-order chi connectivity index (χ1) is 8.16. The zero-order valence-electron chi connectivity index (χ0n) is 9.37. The predicted molar refractivity (Wildman–Crippen MR) is 71.1 cm³/mol. The van der Waals surface area contributed by atoms with E-state index in [1.165, 1.54) is 25.3 Å². The molecule has 92 valence electrons. The van der Waals surface area contributed by atoms with Gasteiger partial charge in [-0.05, 0) is 31.4 Å². The second kappa shape index (κ2) is 5.61. The second-order valence-corrected chi connectivity index (χ2v) is 4.93. The highest BCUT2D eigenvalue weighted by atomic mass is 35.5. The third kappa shape index (κ3) is 3.27. The van der Waals surface area contributed by atoms with Crippen molar-refractivity contribution in [2.75, 3.05) is 13.1 Å². The average Bonchev–Trinajstić information content (AvgIpc) is 2.33. The van der Waals surface area contributed by atoms with Crippen LogP contribution in [0.3, 0.4) is 0 Å². The number of halogens is 2. The molecule has 1 heterocycles. The number of phenols is 1. The summed E-state index contributed by atoms with van der Waals surface area (Å²) in [5, 5.41) is 16.8. The van der Waals surface area contributed by atoms with Crippen LogP contribution in [0.25, 0.3) is 0 Å². The normalized spacial score (nSPS) is 16.7. The number of hydrazone groups is 1. The molecule has 1 fully saturated rings. The topological polar surface area (TPSA) is 35.8 Å². The van der Waals surface area contributed by atoms with E-state index in [0.29, 0.717) is 10.6 Å². The van der Waals surface area contributed by atoms with Crippen molar-refractivity contribution in [1.82, 2.24) is 5.01 Å². The lowest BCUT2D eigenvalue weighted by Crippen LogP contribution is -2.24. The van der Waals surface area contributed by atoms with Crippen LogP contribution in [-0.4, -0.2) is 29.4 Å². The third-order valence-corrected chi connectivity index (χ3v) is 3.26. The van der Waals surface area contributed by atoms with E-state index >= 15 is 0 Å². The summed E-state index contributed by atoms with van der Waals surface area (Å²) in [4.78, 5) is 0. The molecule has 0 atom stereocenters. The average molecular weight is 273 g/mol. The maximum atomic E-state index is 9.75. The summed E-state index contributed by atoms with van der Waals surface area (Å²) in [5.74, 6) is 0.0248. The quantitative estimate of drug-likeness (QED) is 0.837. The fourth-order valence-electron chi connectivity index (χ4n) is 1.82. The minimum Gasteiger partial charge on any atom is -0.506 e. The molecule has 0 radical (unpaired) electrons. The highest BCUT2D eigenvalue weighted by molar-refractivity contribution is 6.36. The van der Waals surface area contributed by atoms with Gasteiger partial charge >= 0.3 is 0 Å². The number of hydrogen-bond acceptors (Lipinski definition) is 3. The van der Waals surface area contributed by atoms with E-state index in [2.05, 4.69) is 5.10 Å². The summed E-state index contributed by atoms with van der Waals surface area (Å²) in [7, 11) is 0. The molecule has 2 rings (SSSR count). The van der Waals surface area contributed by atoms with E-state index < -0.39 is 0 Å². The van der Waals surface area contributed by atoms with E-state index in [1.54, 1.807) is 12.3 Å². The zero-order valence-corrected chi connectivity index (χ0v) is 10.9. The molecule has 1 aliphatic rings. The summed E-state index contributed by atoms with van der Waals surface area (Å²) in [5.41, 5.74) is 0.549. The molecule has 1 aromatic rings. The highest BCUT2D eigenvalue weighted by Crippen LogP contribution is 2.30. The van der Waals surface area contributed by atoms with Gasteiger partial charge < -0.3 is 5.11 Å². The van der Waals surface area contributed by atoms with Gasteiger partial charge in [-0.25, -0.2) is 0 Å². The summed E-state index contributed by atoms with van der Waals surface area (Å²) >= 11 is 11.7. The number of nitrogens with zero attached hydrogens (tertiary/aromatic N) is 2. The highest BCUT2D eigenvalue weighted by Gasteiger charge is 2.08. The van der Waals surface area contributed by atoms with Crippen molar-refractivity contribution in [2.45, 2.75) is 19.3 Å². The standard InChI is InChI=1S/C12H14Cl2N2O/c13-10-6-9(12(17)11(14)7-10)8-15-16-4-2-1-3-5-16/h6-8,17H,1-5H2/b15-8+. The van der Waals surface area contributed by atoms with Crippen molar-refractivity contribution in [3.63, 3.8) is 0 Å². The van der Waals surface area contributed by atoms with Crippen LogP contribution in [0.4, 0.5) is 0 Å². The van der Waals surface area contributed by atoms with Gasteiger partial charge in [-0.15, -0.1) is 0 Å². The maximum Gasteiger partial charge on any atom is 0.143 e. The van der Waals surface area contributed by atoms with Crippen molar-refractivity contribution in [3.8, 4) is 5.75 Å². The molecule has 0 aliphatic carbocycles. The fraction of sp³-hybridized carbons (Fsp3) is 0.417. The maximum absolute atomic E-state index is 9.75. The monoisotopic (exact) mass is 272 g/mol. The van der Waals surface area contributed by atoms with Crippen molar-refractivity contribution in [3.05, 3.63) is 27.7 Å². The molecule has 1 N–H and O–H groups in total. The lowest BCUT2D eigenvalue weighted by Gasteiger charge is -2.23. The van der Waals surface area contributed by atoms with Crippen molar-refractivity contribution in [1.29, 1.82) is 0 Å². The number of piperidine rings is 1. The van der Waals surface area contributed by atoms with Crippen molar-refractivity contribution < 1.29 is 5.11 Å². The SMILES string of the molecule is Oc1c(Cl)cc(Cl)cc1/C=N/N1CCCCC1. The fourth-order valence-corrected chi connectivity index (χ4v) is 2.33. The van der Waals surface area contributed by atoms with E-state index in [-0.39, 0.29) is 10.8 Å². The van der Waals surface area contributed by atoms with Gasteiger partial charge in [0.05, 0.1) is 11.2 Å². The van der Waals surface area contributed by atoms with Crippen LogP contribution in [0.5, 0.6) is 5.75 Å². The Hall–Kier alpha value is -0.930. The summed E-state index contributed by atoms with van der Waals surface area (Å²) < 4.78 is 0. The summed E-state index contributed by atoms with van der Waals surface area (Å²) in [6.45, 7) is 1.93. The predicted octanol–water partition coefficient (Wildman–Crippen LogP) is 3.52. The smallest absolute Gasteiger partial charge is 0.143 e. The first-order valence-corrected chi connectivity index (χ1v) is 6.39. The molecule has 0 aromatic heterocycles. The Morgan fingerprint density at radius 2 is 1.88 bits per heavy atom. The molecule has 0 saturated carbocycles. The summed E-state index contributed by atoms with van der Waals surface area (Å²) in [6.07, 6.45) is 5.21. The van der Waals surface area contributed by atoms with E-state index in [0.717, 1.165) is 13.1 Å². The Kier molecular flexibility index (Phi) is 4.13. The Morgan fingerprint density at radius 1 is 1.18 bits per heavy atom. The lowest BCUT2D eigenvalue weighted by molar-refractivity contribution is 0.240. The molecular weight excluding hydrogens is 259 g/mol. The second-order valence-electron chi connectivity index (χ2n) is 4.08. The van der Waals surface area contributed by atoms with Gasteiger partial charge in [0.15, 0.2) is 0 Å². The van der Waals surface area contributed by atoms with Gasteiger partial charge in [0, 0.05) is 23.7 Å². The van der Waals surface area contributed by atoms with Crippen LogP contribution in [0, 0.1) is 0 Å². The zero-order chi connectivity index (χ0) is 12.3. The largest absolute Gasteiger partial charge is 0.506 e. The molecule has 5 heteroatoms. The number of rotatable bonds is 2. The molecule has 1 aromatic carbocycles. The Morgan fingerprint density at radius 3 is 2.59 bits per heavy atom. The van der Waals surface area contributed by atoms with Gasteiger partial charge in [0.1, 0.15) is 5.75 Å². The minimum absolute atomic E-state index is 0.0248. The van der Waals surface area contributed by atoms with Crippen LogP contribution in [0.2, 0.25) is 10.0 Å². The van der Waals surface area contributed by atoms with Crippen LogP contribution in [0.15, 0.2) is 17.2 Å². The van der Waals surface area contributed by atoms with Gasteiger partial charge in [-0.1, -0.05) is 23.2 Å². The minimum atomic E-state index is 0.0248. The van der Waals surface area contributed by atoms with Crippen molar-refractivity contribution in [2.24, 2.45) is 5.10 Å². The molecule has 1 aliphatic heterocycles. The first-order valence-electron chi connectivity index (χ1n) is 5.64. The van der Waals surface area contributed by atoms with E-state index in [4.69, 9.17) is 23.2 Å². The van der Waals surface area contributed by atoms with Gasteiger partial charge in [0.25, 0.3) is 0 Å². The molecule has 1 saturated heterocycles. The van der Waals surface area contributed by atoms with Crippen LogP contribution in [-0.2, 0) is 0 Å². The third-order valence-electron chi connectivity index (χ3n) is 2.75. The van der Waals surface area contributed by atoms with Crippen molar-refractivity contribution >= 4 is 29.4 Å². The number of benzene rings is 1. The molecule has 0 bridgehead atoms. The number of aromatic hydroxyl groups is 1. The molecule has 0 spiro atoms. The van der Waals surface area contributed by atoms with Gasteiger partial charge in [-0.3, -0.25) is 5.01 Å². The summed E-state index contributed by atoms with van der Waals surface area (Å²) in [6, 6.07) is 3.16. The lowest BCUT2D eigenvalue weighted by atomic mass is 10.2. The van der Waals surface area contributed by atoms with Crippen LogP contribution < -0.4 is 0 Å². The molecule has 3 nitrogen and oxygen atoms in total. The number of hydrogen-bond donors (Lipinski definition) is 1. The Bertz CT molecular complexity index is 429. The van der Waals surface area contributed by atoms with Crippen LogP contribution >= 0.6 is 23.2 Å². The van der Waals surface area contributed by atoms with Crippen LogP contribution in [0.1, 0.15) is 24.8 Å². The van der Waals surface area contributed by atoms with Gasteiger partial charge in [-0.2, -0.15) is 5.10 Å². The Balaban J connectivity index is 2.14. The molecule has 17 heavy (non-hydrogen) atoms. The number of phenolic OH excluding ortho intramolecular Hbond substituents is 1. The molecule has 0 amide bonds. The Labute approximate surface area is 111 Å². The van der Waals surface area contributed by atoms with Gasteiger partial charge in [0.2, 0.25) is 0 Å². The molecular formula is C12H14Cl2N2O. The first kappa shape index (κ1) is 12.5. The van der Waals surface area contributed by atoms with E-state index in [1.807, 2.05) is 5.01 Å². The van der Waals surface area contributed by atoms with E-state index in [9.17, 15) is 5.11 Å².